The third-order valence-electron chi connectivity index (χ3n) is 7.02. The molecule has 10 heteroatoms. The predicted molar refractivity (Wildman–Crippen MR) is 154 cm³/mol. The SMILES string of the molecule is Cc1nsc(-c2cc3sc(-c4ccc(C5(C(=O)O)CC5)cc4F)cc3s2)c1NC(=O)OC(C)c1ccccc1. The number of carboxylic acid groups (broad SMARTS) is 1. The van der Waals surface area contributed by atoms with Crippen LogP contribution in [0.4, 0.5) is 14.9 Å². The van der Waals surface area contributed by atoms with Crippen LogP contribution in [0.1, 0.15) is 42.7 Å². The van der Waals surface area contributed by atoms with Crippen molar-refractivity contribution in [3.63, 3.8) is 0 Å². The first-order chi connectivity index (χ1) is 18.7. The van der Waals surface area contributed by atoms with Crippen LogP contribution in [0, 0.1) is 12.7 Å². The second-order valence-corrected chi connectivity index (χ2v) is 12.5. The maximum Gasteiger partial charge on any atom is 0.412 e. The van der Waals surface area contributed by atoms with Gasteiger partial charge in [-0.05, 0) is 67.5 Å². The first-order valence-electron chi connectivity index (χ1n) is 12.3. The summed E-state index contributed by atoms with van der Waals surface area (Å²) in [6.45, 7) is 3.67. The molecule has 5 aromatic rings. The van der Waals surface area contributed by atoms with Gasteiger partial charge in [0, 0.05) is 19.8 Å². The van der Waals surface area contributed by atoms with Crippen LogP contribution in [0.5, 0.6) is 0 Å². The Morgan fingerprint density at radius 3 is 2.41 bits per heavy atom. The fourth-order valence-corrected chi connectivity index (χ4v) is 7.98. The predicted octanol–water partition coefficient (Wildman–Crippen LogP) is 8.63. The molecule has 1 fully saturated rings. The van der Waals surface area contributed by atoms with Crippen LogP contribution < -0.4 is 5.32 Å². The molecule has 0 aliphatic heterocycles. The van der Waals surface area contributed by atoms with E-state index < -0.39 is 29.4 Å². The number of fused-ring (bicyclic) bond motifs is 1. The number of anilines is 1. The molecular weight excluding hydrogens is 556 g/mol. The van der Waals surface area contributed by atoms with E-state index in [1.807, 2.05) is 56.3 Å². The molecule has 2 N–H and O–H groups in total. The number of aliphatic carboxylic acids is 1. The lowest BCUT2D eigenvalue weighted by molar-refractivity contribution is -0.140. The number of hydrogen-bond donors (Lipinski definition) is 2. The van der Waals surface area contributed by atoms with E-state index in [9.17, 15) is 14.7 Å². The van der Waals surface area contributed by atoms with E-state index in [0.29, 0.717) is 35.3 Å². The maximum absolute atomic E-state index is 15.1. The van der Waals surface area contributed by atoms with Gasteiger partial charge >= 0.3 is 12.1 Å². The largest absolute Gasteiger partial charge is 0.481 e. The number of carbonyl (C=O) groups is 2. The number of benzene rings is 2. The molecule has 39 heavy (non-hydrogen) atoms. The van der Waals surface area contributed by atoms with Crippen LogP contribution in [0.2, 0.25) is 0 Å². The number of nitrogens with zero attached hydrogens (tertiary/aromatic N) is 1. The van der Waals surface area contributed by atoms with Crippen LogP contribution in [0.3, 0.4) is 0 Å². The Bertz CT molecular complexity index is 1690. The first kappa shape index (κ1) is 25.7. The Kier molecular flexibility index (Phi) is 6.49. The topological polar surface area (TPSA) is 88.5 Å². The van der Waals surface area contributed by atoms with Crippen LogP contribution in [-0.2, 0) is 14.9 Å². The first-order valence-corrected chi connectivity index (χ1v) is 14.7. The van der Waals surface area contributed by atoms with Gasteiger partial charge in [0.15, 0.2) is 0 Å². The summed E-state index contributed by atoms with van der Waals surface area (Å²) in [4.78, 5) is 26.9. The average Bonchev–Trinajstić information content (AvgIpc) is 3.35. The van der Waals surface area contributed by atoms with Gasteiger partial charge in [-0.15, -0.1) is 22.7 Å². The molecule has 6 nitrogen and oxygen atoms in total. The molecule has 3 heterocycles. The minimum absolute atomic E-state index is 0.402. The van der Waals surface area contributed by atoms with Gasteiger partial charge in [0.25, 0.3) is 0 Å². The van der Waals surface area contributed by atoms with Gasteiger partial charge in [0.1, 0.15) is 11.9 Å². The molecule has 1 unspecified atom stereocenters. The molecule has 3 aromatic heterocycles. The lowest BCUT2D eigenvalue weighted by atomic mass is 9.94. The Hall–Kier alpha value is -3.60. The number of nitrogens with one attached hydrogen (secondary N) is 1. The van der Waals surface area contributed by atoms with Crippen LogP contribution in [0.25, 0.3) is 29.6 Å². The van der Waals surface area contributed by atoms with Gasteiger partial charge < -0.3 is 9.84 Å². The van der Waals surface area contributed by atoms with Crippen LogP contribution >= 0.6 is 34.2 Å². The van der Waals surface area contributed by atoms with Gasteiger partial charge in [0.05, 0.1) is 26.6 Å². The van der Waals surface area contributed by atoms with E-state index >= 15 is 4.39 Å². The van der Waals surface area contributed by atoms with Crippen molar-refractivity contribution in [2.24, 2.45) is 0 Å². The number of hydrogen-bond acceptors (Lipinski definition) is 7. The van der Waals surface area contributed by atoms with Crippen molar-refractivity contribution in [3.05, 3.63) is 83.3 Å². The van der Waals surface area contributed by atoms with Crippen molar-refractivity contribution in [1.29, 1.82) is 0 Å². The summed E-state index contributed by atoms with van der Waals surface area (Å²) in [5.74, 6) is -1.31. The molecule has 1 atom stereocenters. The number of carboxylic acids is 1. The summed E-state index contributed by atoms with van der Waals surface area (Å²) in [6, 6.07) is 18.3. The van der Waals surface area contributed by atoms with Gasteiger partial charge in [-0.3, -0.25) is 10.1 Å². The highest BCUT2D eigenvalue weighted by Crippen LogP contribution is 2.50. The van der Waals surface area contributed by atoms with Crippen LogP contribution in [0.15, 0.2) is 60.7 Å². The number of halogens is 1. The standard InChI is InChI=1S/C29H23FN2O4S3/c1-15-25(31-28(35)36-16(2)17-6-4-3-5-7-17)26(39-32-15)24-14-23-22(38-24)13-21(37-23)19-9-8-18(12-20(19)30)29(10-11-29)27(33)34/h3-9,12-14,16H,10-11H2,1-2H3,(H,31,35)(H,33,34). The average molecular weight is 579 g/mol. The van der Waals surface area contributed by atoms with E-state index in [0.717, 1.165) is 29.6 Å². The highest BCUT2D eigenvalue weighted by Gasteiger charge is 2.51. The number of ether oxygens (including phenoxy) is 1. The number of amides is 1. The zero-order valence-corrected chi connectivity index (χ0v) is 23.4. The summed E-state index contributed by atoms with van der Waals surface area (Å²) < 4.78 is 27.1. The maximum atomic E-state index is 15.1. The number of thiophene rings is 2. The van der Waals surface area contributed by atoms with Crippen molar-refractivity contribution >= 4 is 61.4 Å². The van der Waals surface area contributed by atoms with E-state index in [-0.39, 0.29) is 0 Å². The second kappa shape index (κ2) is 9.86. The molecule has 1 aliphatic carbocycles. The van der Waals surface area contributed by atoms with E-state index in [1.165, 1.54) is 28.9 Å². The Morgan fingerprint density at radius 1 is 1.05 bits per heavy atom. The van der Waals surface area contributed by atoms with E-state index in [1.54, 1.807) is 23.5 Å². The second-order valence-electron chi connectivity index (χ2n) is 9.59. The molecular formula is C29H23FN2O4S3. The third kappa shape index (κ3) is 4.73. The Morgan fingerprint density at radius 2 is 1.74 bits per heavy atom. The molecule has 0 radical (unpaired) electrons. The molecule has 1 aliphatic rings. The summed E-state index contributed by atoms with van der Waals surface area (Å²) in [5.41, 5.74) is 2.27. The minimum atomic E-state index is -0.936. The molecule has 1 amide bonds. The van der Waals surface area contributed by atoms with Gasteiger partial charge in [-0.1, -0.05) is 42.5 Å². The quantitative estimate of drug-likeness (QED) is 0.202. The molecule has 2 aromatic carbocycles. The monoisotopic (exact) mass is 578 g/mol. The number of carbonyl (C=O) groups excluding carboxylic acids is 1. The van der Waals surface area contributed by atoms with Gasteiger partial charge in [0.2, 0.25) is 0 Å². The fraction of sp³-hybridized carbons (Fsp3) is 0.207. The number of aromatic nitrogens is 1. The smallest absolute Gasteiger partial charge is 0.412 e. The van der Waals surface area contributed by atoms with Gasteiger partial charge in [-0.2, -0.15) is 4.37 Å². The summed E-state index contributed by atoms with van der Waals surface area (Å²) in [7, 11) is 0. The molecule has 0 bridgehead atoms. The van der Waals surface area contributed by atoms with E-state index in [4.69, 9.17) is 4.74 Å². The highest BCUT2D eigenvalue weighted by atomic mass is 32.1. The van der Waals surface area contributed by atoms with Crippen molar-refractivity contribution in [3.8, 4) is 20.2 Å². The highest BCUT2D eigenvalue weighted by molar-refractivity contribution is 7.32. The van der Waals surface area contributed by atoms with Crippen LogP contribution in [-0.4, -0.2) is 21.5 Å². The summed E-state index contributed by atoms with van der Waals surface area (Å²) in [5, 5.41) is 12.4. The lowest BCUT2D eigenvalue weighted by Crippen LogP contribution is -2.19. The minimum Gasteiger partial charge on any atom is -0.481 e. The van der Waals surface area contributed by atoms with Crippen molar-refractivity contribution in [2.45, 2.75) is 38.2 Å². The fourth-order valence-electron chi connectivity index (χ4n) is 4.61. The zero-order valence-electron chi connectivity index (χ0n) is 21.0. The van der Waals surface area contributed by atoms with Gasteiger partial charge in [-0.25, -0.2) is 9.18 Å². The summed E-state index contributed by atoms with van der Waals surface area (Å²) in [6.07, 6.45) is 0.124. The Labute approximate surface area is 235 Å². The lowest BCUT2D eigenvalue weighted by Gasteiger charge is -2.14. The normalized spacial score (nSPS) is 14.7. The van der Waals surface area contributed by atoms with Crippen molar-refractivity contribution < 1.29 is 23.8 Å². The molecule has 198 valence electrons. The van der Waals surface area contributed by atoms with Crippen molar-refractivity contribution in [2.75, 3.05) is 5.32 Å². The molecule has 0 spiro atoms. The molecule has 0 saturated heterocycles. The number of rotatable bonds is 7. The molecule has 1 saturated carbocycles. The number of aryl methyl sites for hydroxylation is 1. The Balaban J connectivity index is 1.22. The molecule has 6 rings (SSSR count). The summed E-state index contributed by atoms with van der Waals surface area (Å²) >= 11 is 4.33. The zero-order chi connectivity index (χ0) is 27.3. The van der Waals surface area contributed by atoms with Crippen molar-refractivity contribution in [1.82, 2.24) is 4.37 Å². The third-order valence-corrected chi connectivity index (χ3v) is 10.5. The van der Waals surface area contributed by atoms with E-state index in [2.05, 4.69) is 9.69 Å².